The SMILES string of the molecule is CCC=C(C(CCC)CCC)N(CCC)CCC. The molecule has 0 saturated heterocycles. The van der Waals surface area contributed by atoms with Crippen LogP contribution in [0.15, 0.2) is 11.8 Å². The van der Waals surface area contributed by atoms with E-state index in [0.29, 0.717) is 0 Å². The van der Waals surface area contributed by atoms with Gasteiger partial charge < -0.3 is 4.90 Å². The zero-order valence-corrected chi connectivity index (χ0v) is 13.5. The number of nitrogens with zero attached hydrogens (tertiary/aromatic N) is 1. The molecule has 0 aliphatic rings. The van der Waals surface area contributed by atoms with E-state index in [-0.39, 0.29) is 0 Å². The maximum atomic E-state index is 2.65. The minimum Gasteiger partial charge on any atom is -0.375 e. The fourth-order valence-electron chi connectivity index (χ4n) is 2.81. The van der Waals surface area contributed by atoms with E-state index in [4.69, 9.17) is 0 Å². The standard InChI is InChI=1S/C17H35N/c1-6-11-16(12-7-2)17(13-8-3)18(14-9-4)15-10-5/h13,16H,6-12,14-15H2,1-5H3. The monoisotopic (exact) mass is 253 g/mol. The van der Waals surface area contributed by atoms with E-state index < -0.39 is 0 Å². The van der Waals surface area contributed by atoms with Crippen molar-refractivity contribution >= 4 is 0 Å². The molecule has 0 rings (SSSR count). The summed E-state index contributed by atoms with van der Waals surface area (Å²) in [5, 5.41) is 0. The molecular formula is C17H35N. The quantitative estimate of drug-likeness (QED) is 0.462. The third kappa shape index (κ3) is 6.47. The van der Waals surface area contributed by atoms with Crippen LogP contribution in [0.3, 0.4) is 0 Å². The molecule has 1 nitrogen and oxygen atoms in total. The molecular weight excluding hydrogens is 218 g/mol. The molecule has 0 spiro atoms. The first-order valence-corrected chi connectivity index (χ1v) is 8.19. The summed E-state index contributed by atoms with van der Waals surface area (Å²) in [6.07, 6.45) is 11.5. The van der Waals surface area contributed by atoms with Crippen LogP contribution >= 0.6 is 0 Å². The van der Waals surface area contributed by atoms with Crippen LogP contribution in [0.4, 0.5) is 0 Å². The molecule has 0 radical (unpaired) electrons. The van der Waals surface area contributed by atoms with Gasteiger partial charge in [-0.1, -0.05) is 53.5 Å². The van der Waals surface area contributed by atoms with Gasteiger partial charge in [-0.25, -0.2) is 0 Å². The van der Waals surface area contributed by atoms with Crippen molar-refractivity contribution in [3.05, 3.63) is 11.8 Å². The Morgan fingerprint density at radius 2 is 1.33 bits per heavy atom. The summed E-state index contributed by atoms with van der Waals surface area (Å²) in [6.45, 7) is 13.9. The molecule has 0 aromatic rings. The number of rotatable bonds is 11. The zero-order valence-electron chi connectivity index (χ0n) is 13.5. The molecule has 0 aromatic carbocycles. The van der Waals surface area contributed by atoms with Crippen LogP contribution in [0.5, 0.6) is 0 Å². The van der Waals surface area contributed by atoms with E-state index in [1.165, 1.54) is 58.0 Å². The highest BCUT2D eigenvalue weighted by Gasteiger charge is 2.17. The van der Waals surface area contributed by atoms with Crippen molar-refractivity contribution in [1.82, 2.24) is 4.90 Å². The van der Waals surface area contributed by atoms with Crippen LogP contribution in [0.2, 0.25) is 0 Å². The number of allylic oxidation sites excluding steroid dienone is 2. The second-order valence-electron chi connectivity index (χ2n) is 5.30. The van der Waals surface area contributed by atoms with Crippen molar-refractivity contribution in [3.63, 3.8) is 0 Å². The van der Waals surface area contributed by atoms with E-state index in [2.05, 4.69) is 45.6 Å². The molecule has 0 saturated carbocycles. The van der Waals surface area contributed by atoms with Crippen LogP contribution in [0.25, 0.3) is 0 Å². The minimum absolute atomic E-state index is 0.790. The molecule has 0 aliphatic carbocycles. The zero-order chi connectivity index (χ0) is 13.8. The van der Waals surface area contributed by atoms with Crippen molar-refractivity contribution < 1.29 is 0 Å². The first kappa shape index (κ1) is 17.5. The Bertz CT molecular complexity index is 178. The lowest BCUT2D eigenvalue weighted by Gasteiger charge is -2.32. The Morgan fingerprint density at radius 1 is 0.833 bits per heavy atom. The van der Waals surface area contributed by atoms with E-state index in [9.17, 15) is 0 Å². The summed E-state index contributed by atoms with van der Waals surface area (Å²) < 4.78 is 0. The third-order valence-corrected chi connectivity index (χ3v) is 3.46. The van der Waals surface area contributed by atoms with Gasteiger partial charge in [0.1, 0.15) is 0 Å². The highest BCUT2D eigenvalue weighted by molar-refractivity contribution is 5.06. The molecule has 0 aromatic heterocycles. The predicted molar refractivity (Wildman–Crippen MR) is 83.8 cm³/mol. The largest absolute Gasteiger partial charge is 0.375 e. The minimum atomic E-state index is 0.790. The van der Waals surface area contributed by atoms with Gasteiger partial charge in [0.15, 0.2) is 0 Å². The lowest BCUT2D eigenvalue weighted by atomic mass is 9.92. The van der Waals surface area contributed by atoms with Crippen LogP contribution in [-0.4, -0.2) is 18.0 Å². The summed E-state index contributed by atoms with van der Waals surface area (Å²) in [5.41, 5.74) is 1.64. The average Bonchev–Trinajstić information content (AvgIpc) is 2.36. The molecule has 1 heteroatoms. The lowest BCUT2D eigenvalue weighted by Crippen LogP contribution is -2.29. The second kappa shape index (κ2) is 11.6. The second-order valence-corrected chi connectivity index (χ2v) is 5.30. The van der Waals surface area contributed by atoms with E-state index >= 15 is 0 Å². The molecule has 108 valence electrons. The van der Waals surface area contributed by atoms with Gasteiger partial charge in [-0.15, -0.1) is 0 Å². The van der Waals surface area contributed by atoms with Crippen molar-refractivity contribution in [2.45, 2.75) is 79.6 Å². The smallest absolute Gasteiger partial charge is 0.0172 e. The van der Waals surface area contributed by atoms with Crippen LogP contribution in [0.1, 0.15) is 79.6 Å². The van der Waals surface area contributed by atoms with E-state index in [1.54, 1.807) is 5.70 Å². The highest BCUT2D eigenvalue weighted by Crippen LogP contribution is 2.26. The maximum absolute atomic E-state index is 2.65. The Labute approximate surface area is 116 Å². The van der Waals surface area contributed by atoms with Gasteiger partial charge in [-0.05, 0) is 38.0 Å². The van der Waals surface area contributed by atoms with Gasteiger partial charge in [-0.2, -0.15) is 0 Å². The maximum Gasteiger partial charge on any atom is 0.0172 e. The molecule has 0 heterocycles. The molecule has 0 fully saturated rings. The average molecular weight is 253 g/mol. The Hall–Kier alpha value is -0.460. The fraction of sp³-hybridized carbons (Fsp3) is 0.882. The number of hydrogen-bond donors (Lipinski definition) is 0. The van der Waals surface area contributed by atoms with Crippen LogP contribution in [-0.2, 0) is 0 Å². The Balaban J connectivity index is 4.89. The normalized spacial score (nSPS) is 12.2. The lowest BCUT2D eigenvalue weighted by molar-refractivity contribution is 0.285. The van der Waals surface area contributed by atoms with Gasteiger partial charge in [0, 0.05) is 18.8 Å². The molecule has 0 N–H and O–H groups in total. The van der Waals surface area contributed by atoms with Gasteiger partial charge in [0.2, 0.25) is 0 Å². The van der Waals surface area contributed by atoms with Crippen molar-refractivity contribution in [2.24, 2.45) is 5.92 Å². The van der Waals surface area contributed by atoms with E-state index in [0.717, 1.165) is 5.92 Å². The highest BCUT2D eigenvalue weighted by atomic mass is 15.1. The predicted octanol–water partition coefficient (Wildman–Crippen LogP) is 5.62. The molecule has 0 atom stereocenters. The fourth-order valence-corrected chi connectivity index (χ4v) is 2.81. The first-order chi connectivity index (χ1) is 8.74. The van der Waals surface area contributed by atoms with Crippen LogP contribution in [0, 0.1) is 5.92 Å². The first-order valence-electron chi connectivity index (χ1n) is 8.19. The molecule has 0 bridgehead atoms. The summed E-state index contributed by atoms with van der Waals surface area (Å²) in [5.74, 6) is 0.790. The summed E-state index contributed by atoms with van der Waals surface area (Å²) in [6, 6.07) is 0. The molecule has 0 aliphatic heterocycles. The topological polar surface area (TPSA) is 3.24 Å². The van der Waals surface area contributed by atoms with E-state index in [1.807, 2.05) is 0 Å². The number of hydrogen-bond acceptors (Lipinski definition) is 1. The van der Waals surface area contributed by atoms with Gasteiger partial charge in [0.25, 0.3) is 0 Å². The third-order valence-electron chi connectivity index (χ3n) is 3.46. The molecule has 0 unspecified atom stereocenters. The van der Waals surface area contributed by atoms with Gasteiger partial charge in [-0.3, -0.25) is 0 Å². The molecule has 0 amide bonds. The van der Waals surface area contributed by atoms with Crippen molar-refractivity contribution in [2.75, 3.05) is 13.1 Å². The van der Waals surface area contributed by atoms with Gasteiger partial charge in [0.05, 0.1) is 0 Å². The van der Waals surface area contributed by atoms with Gasteiger partial charge >= 0.3 is 0 Å². The molecule has 18 heavy (non-hydrogen) atoms. The van der Waals surface area contributed by atoms with Crippen molar-refractivity contribution in [3.8, 4) is 0 Å². The van der Waals surface area contributed by atoms with Crippen LogP contribution < -0.4 is 0 Å². The summed E-state index contributed by atoms with van der Waals surface area (Å²) in [7, 11) is 0. The summed E-state index contributed by atoms with van der Waals surface area (Å²) in [4.78, 5) is 2.65. The summed E-state index contributed by atoms with van der Waals surface area (Å²) >= 11 is 0. The Kier molecular flexibility index (Phi) is 11.3. The van der Waals surface area contributed by atoms with Crippen molar-refractivity contribution in [1.29, 1.82) is 0 Å². The Morgan fingerprint density at radius 3 is 1.67 bits per heavy atom.